The lowest BCUT2D eigenvalue weighted by molar-refractivity contribution is 0.339. The molecule has 1 unspecified atom stereocenters. The highest BCUT2D eigenvalue weighted by Crippen LogP contribution is 2.51. The van der Waals surface area contributed by atoms with Crippen LogP contribution in [0.2, 0.25) is 0 Å². The zero-order valence-electron chi connectivity index (χ0n) is 7.72. The van der Waals surface area contributed by atoms with Crippen LogP contribution in [0.1, 0.15) is 6.92 Å². The summed E-state index contributed by atoms with van der Waals surface area (Å²) >= 11 is 8.59. The number of hydrogen-bond acceptors (Lipinski definition) is 5. The molecule has 0 aromatic carbocycles. The number of thioether (sulfide) groups is 2. The SMILES string of the molecule is COP(=S)(N=C1SCC(C)S1)OC. The van der Waals surface area contributed by atoms with E-state index in [9.17, 15) is 0 Å². The maximum absolute atomic E-state index is 5.13. The summed E-state index contributed by atoms with van der Waals surface area (Å²) < 4.78 is 15.5. The Morgan fingerprint density at radius 3 is 2.54 bits per heavy atom. The molecule has 0 radical (unpaired) electrons. The normalized spacial score (nSPS) is 27.0. The van der Waals surface area contributed by atoms with E-state index in [2.05, 4.69) is 11.7 Å². The van der Waals surface area contributed by atoms with Gasteiger partial charge in [0.2, 0.25) is 0 Å². The molecule has 76 valence electrons. The van der Waals surface area contributed by atoms with Gasteiger partial charge in [-0.1, -0.05) is 30.4 Å². The molecule has 0 amide bonds. The van der Waals surface area contributed by atoms with Crippen molar-refractivity contribution in [3.05, 3.63) is 0 Å². The summed E-state index contributed by atoms with van der Waals surface area (Å²) in [6, 6.07) is 0. The Kier molecular flexibility index (Phi) is 4.75. The van der Waals surface area contributed by atoms with Crippen molar-refractivity contribution in [2.24, 2.45) is 4.76 Å². The highest BCUT2D eigenvalue weighted by molar-refractivity contribution is 8.42. The van der Waals surface area contributed by atoms with E-state index < -0.39 is 6.64 Å². The standard InChI is InChI=1S/C6H12NO2PS3/c1-5-4-12-6(13-5)7-10(11,8-2)9-3/h5H,4H2,1-3H3. The summed E-state index contributed by atoms with van der Waals surface area (Å²) in [5.74, 6) is 1.09. The van der Waals surface area contributed by atoms with Crippen LogP contribution >= 0.6 is 30.2 Å². The summed E-state index contributed by atoms with van der Waals surface area (Å²) in [6.07, 6.45) is 0. The van der Waals surface area contributed by atoms with Crippen LogP contribution in [0.5, 0.6) is 0 Å². The maximum Gasteiger partial charge on any atom is 0.309 e. The molecule has 13 heavy (non-hydrogen) atoms. The van der Waals surface area contributed by atoms with Crippen LogP contribution in [0, 0.1) is 0 Å². The minimum atomic E-state index is -2.38. The van der Waals surface area contributed by atoms with Crippen LogP contribution in [-0.2, 0) is 20.9 Å². The molecule has 1 rings (SSSR count). The van der Waals surface area contributed by atoms with E-state index in [-0.39, 0.29) is 0 Å². The molecule has 0 aromatic rings. The van der Waals surface area contributed by atoms with Crippen molar-refractivity contribution in [1.29, 1.82) is 0 Å². The molecular weight excluding hydrogens is 245 g/mol. The zero-order valence-corrected chi connectivity index (χ0v) is 11.1. The van der Waals surface area contributed by atoms with Crippen molar-refractivity contribution >= 4 is 46.3 Å². The molecule has 0 N–H and O–H groups in total. The first-order valence-electron chi connectivity index (χ1n) is 3.71. The third-order valence-corrected chi connectivity index (χ3v) is 6.91. The van der Waals surface area contributed by atoms with E-state index in [4.69, 9.17) is 20.9 Å². The highest BCUT2D eigenvalue weighted by atomic mass is 32.5. The van der Waals surface area contributed by atoms with E-state index >= 15 is 0 Å². The predicted molar refractivity (Wildman–Crippen MR) is 65.2 cm³/mol. The molecule has 1 aliphatic rings. The molecule has 1 atom stereocenters. The van der Waals surface area contributed by atoms with Crippen molar-refractivity contribution in [3.8, 4) is 0 Å². The molecule has 1 heterocycles. The third kappa shape index (κ3) is 3.53. The van der Waals surface area contributed by atoms with Gasteiger partial charge >= 0.3 is 6.64 Å². The van der Waals surface area contributed by atoms with E-state index in [0.717, 1.165) is 10.1 Å². The second-order valence-electron chi connectivity index (χ2n) is 2.44. The summed E-state index contributed by atoms with van der Waals surface area (Å²) in [6.45, 7) is -0.207. The molecule has 0 saturated carbocycles. The van der Waals surface area contributed by atoms with E-state index in [1.54, 1.807) is 37.7 Å². The Morgan fingerprint density at radius 2 is 2.15 bits per heavy atom. The van der Waals surface area contributed by atoms with Crippen molar-refractivity contribution in [2.45, 2.75) is 12.2 Å². The van der Waals surface area contributed by atoms with Gasteiger partial charge in [-0.25, -0.2) is 0 Å². The Morgan fingerprint density at radius 1 is 1.54 bits per heavy atom. The van der Waals surface area contributed by atoms with Gasteiger partial charge in [0.15, 0.2) is 0 Å². The summed E-state index contributed by atoms with van der Waals surface area (Å²) in [4.78, 5) is 0. The molecular formula is C6H12NO2PS3. The lowest BCUT2D eigenvalue weighted by Gasteiger charge is -2.11. The second kappa shape index (κ2) is 5.14. The van der Waals surface area contributed by atoms with Crippen LogP contribution in [0.25, 0.3) is 0 Å². The van der Waals surface area contributed by atoms with Crippen LogP contribution in [0.15, 0.2) is 4.76 Å². The Bertz CT molecular complexity index is 250. The van der Waals surface area contributed by atoms with Gasteiger partial charge in [0.1, 0.15) is 4.38 Å². The van der Waals surface area contributed by atoms with E-state index in [1.165, 1.54) is 0 Å². The molecule has 0 aromatic heterocycles. The highest BCUT2D eigenvalue weighted by Gasteiger charge is 2.22. The van der Waals surface area contributed by atoms with Crippen LogP contribution in [0.3, 0.4) is 0 Å². The molecule has 0 aliphatic carbocycles. The Labute approximate surface area is 92.3 Å². The van der Waals surface area contributed by atoms with Crippen LogP contribution < -0.4 is 0 Å². The van der Waals surface area contributed by atoms with Crippen molar-refractivity contribution in [2.75, 3.05) is 20.0 Å². The summed E-state index contributed by atoms with van der Waals surface area (Å²) in [5, 5.41) is 0.612. The predicted octanol–water partition coefficient (Wildman–Crippen LogP) is 2.73. The average Bonchev–Trinajstić information content (AvgIpc) is 2.51. The van der Waals surface area contributed by atoms with Crippen molar-refractivity contribution in [3.63, 3.8) is 0 Å². The van der Waals surface area contributed by atoms with Crippen LogP contribution in [0.4, 0.5) is 0 Å². The largest absolute Gasteiger partial charge is 0.316 e. The average molecular weight is 257 g/mol. The smallest absolute Gasteiger partial charge is 0.309 e. The first-order valence-corrected chi connectivity index (χ1v) is 8.16. The molecule has 1 saturated heterocycles. The molecule has 1 aliphatic heterocycles. The number of nitrogens with zero attached hydrogens (tertiary/aromatic N) is 1. The van der Waals surface area contributed by atoms with Crippen molar-refractivity contribution in [1.82, 2.24) is 0 Å². The number of rotatable bonds is 3. The van der Waals surface area contributed by atoms with Gasteiger partial charge in [0, 0.05) is 25.2 Å². The number of hydrogen-bond donors (Lipinski definition) is 0. The molecule has 0 spiro atoms. The fourth-order valence-electron chi connectivity index (χ4n) is 0.737. The molecule has 1 fully saturated rings. The Balaban J connectivity index is 2.69. The van der Waals surface area contributed by atoms with Gasteiger partial charge in [-0.15, -0.1) is 0 Å². The minimum absolute atomic E-state index is 0.612. The van der Waals surface area contributed by atoms with Crippen molar-refractivity contribution < 1.29 is 9.05 Å². The van der Waals surface area contributed by atoms with Gasteiger partial charge in [0.05, 0.1) is 0 Å². The molecule has 3 nitrogen and oxygen atoms in total. The summed E-state index contributed by atoms with van der Waals surface area (Å²) in [7, 11) is 3.09. The van der Waals surface area contributed by atoms with E-state index in [1.807, 2.05) is 0 Å². The van der Waals surface area contributed by atoms with Gasteiger partial charge in [0.25, 0.3) is 0 Å². The van der Waals surface area contributed by atoms with Gasteiger partial charge < -0.3 is 9.05 Å². The lowest BCUT2D eigenvalue weighted by Crippen LogP contribution is -1.90. The second-order valence-corrected chi connectivity index (χ2v) is 8.39. The minimum Gasteiger partial charge on any atom is -0.316 e. The third-order valence-electron chi connectivity index (χ3n) is 1.41. The molecule has 0 bridgehead atoms. The fourth-order valence-corrected chi connectivity index (χ4v) is 5.04. The van der Waals surface area contributed by atoms with Gasteiger partial charge in [-0.05, 0) is 11.8 Å². The van der Waals surface area contributed by atoms with Crippen LogP contribution in [-0.4, -0.2) is 29.6 Å². The lowest BCUT2D eigenvalue weighted by atomic mass is 10.6. The van der Waals surface area contributed by atoms with Gasteiger partial charge in [-0.3, -0.25) is 0 Å². The summed E-state index contributed by atoms with van der Waals surface area (Å²) in [5.41, 5.74) is 0. The fraction of sp³-hybridized carbons (Fsp3) is 0.833. The first kappa shape index (κ1) is 12.0. The maximum atomic E-state index is 5.13. The van der Waals surface area contributed by atoms with E-state index in [0.29, 0.717) is 5.25 Å². The van der Waals surface area contributed by atoms with Gasteiger partial charge in [-0.2, -0.15) is 4.76 Å². The first-order chi connectivity index (χ1) is 6.09. The monoisotopic (exact) mass is 257 g/mol. The quantitative estimate of drug-likeness (QED) is 0.726. The topological polar surface area (TPSA) is 30.8 Å². The zero-order chi connectivity index (χ0) is 9.90. The Hall–Kier alpha value is 0.940. The molecule has 7 heteroatoms.